The molecule has 6 aromatic carbocycles. The van der Waals surface area contributed by atoms with Gasteiger partial charge in [-0.1, -0.05) is 127 Å². The van der Waals surface area contributed by atoms with E-state index in [1.54, 1.807) is 0 Å². The predicted octanol–water partition coefficient (Wildman–Crippen LogP) is 11.3. The summed E-state index contributed by atoms with van der Waals surface area (Å²) in [6, 6.07) is 46.5. The lowest BCUT2D eigenvalue weighted by Crippen LogP contribution is -2.03. The smallest absolute Gasteiger partial charge is 0.164 e. The van der Waals surface area contributed by atoms with Crippen LogP contribution in [0.25, 0.3) is 83.3 Å². The highest BCUT2D eigenvalue weighted by atomic mass is 16.3. The van der Waals surface area contributed by atoms with Gasteiger partial charge in [0.1, 0.15) is 11.2 Å². The summed E-state index contributed by atoms with van der Waals surface area (Å²) in [7, 11) is 0. The number of nitrogens with zero attached hydrogens (tertiary/aromatic N) is 3. The molecule has 9 rings (SSSR count). The van der Waals surface area contributed by atoms with Crippen LogP contribution in [0.1, 0.15) is 18.7 Å². The van der Waals surface area contributed by atoms with Crippen molar-refractivity contribution < 1.29 is 4.42 Å². The molecule has 8 aromatic rings. The second kappa shape index (κ2) is 11.3. The van der Waals surface area contributed by atoms with Crippen molar-refractivity contribution in [2.24, 2.45) is 0 Å². The van der Waals surface area contributed by atoms with E-state index < -0.39 is 0 Å². The minimum absolute atomic E-state index is 0.661. The first-order valence-electron chi connectivity index (χ1n) is 16.0. The number of benzene rings is 6. The number of hydrogen-bond donors (Lipinski definition) is 0. The fourth-order valence-corrected chi connectivity index (χ4v) is 6.54. The Kier molecular flexibility index (Phi) is 6.57. The molecule has 4 nitrogen and oxygen atoms in total. The molecule has 222 valence electrons. The lowest BCUT2D eigenvalue weighted by atomic mass is 9.97. The van der Waals surface area contributed by atoms with Crippen molar-refractivity contribution in [1.29, 1.82) is 0 Å². The van der Waals surface area contributed by atoms with Gasteiger partial charge in [0, 0.05) is 27.5 Å². The van der Waals surface area contributed by atoms with E-state index in [-0.39, 0.29) is 0 Å². The van der Waals surface area contributed by atoms with Gasteiger partial charge in [-0.05, 0) is 70.1 Å². The van der Waals surface area contributed by atoms with E-state index in [4.69, 9.17) is 19.4 Å². The van der Waals surface area contributed by atoms with Crippen molar-refractivity contribution in [1.82, 2.24) is 15.0 Å². The molecule has 0 radical (unpaired) electrons. The molecule has 0 spiro atoms. The van der Waals surface area contributed by atoms with Gasteiger partial charge in [-0.2, -0.15) is 0 Å². The third-order valence-electron chi connectivity index (χ3n) is 8.95. The predicted molar refractivity (Wildman–Crippen MR) is 193 cm³/mol. The molecule has 0 saturated carbocycles. The first-order valence-corrected chi connectivity index (χ1v) is 16.0. The van der Waals surface area contributed by atoms with E-state index in [2.05, 4.69) is 121 Å². The van der Waals surface area contributed by atoms with Crippen molar-refractivity contribution in [2.45, 2.75) is 12.8 Å². The zero-order chi connectivity index (χ0) is 31.2. The molecule has 0 amide bonds. The van der Waals surface area contributed by atoms with Crippen molar-refractivity contribution >= 4 is 38.3 Å². The van der Waals surface area contributed by atoms with Crippen LogP contribution in [0.15, 0.2) is 156 Å². The van der Waals surface area contributed by atoms with Gasteiger partial charge in [-0.3, -0.25) is 0 Å². The van der Waals surface area contributed by atoms with E-state index in [9.17, 15) is 0 Å². The molecule has 0 atom stereocenters. The first kappa shape index (κ1) is 27.2. The second-order valence-electron chi connectivity index (χ2n) is 11.9. The Morgan fingerprint density at radius 3 is 1.96 bits per heavy atom. The van der Waals surface area contributed by atoms with Gasteiger partial charge in [0.2, 0.25) is 0 Å². The third kappa shape index (κ3) is 5.01. The number of hydrogen-bond acceptors (Lipinski definition) is 4. The maximum atomic E-state index is 6.45. The van der Waals surface area contributed by atoms with Gasteiger partial charge < -0.3 is 4.42 Å². The summed E-state index contributed by atoms with van der Waals surface area (Å²) < 4.78 is 6.45. The van der Waals surface area contributed by atoms with E-state index in [1.165, 1.54) is 16.3 Å². The Morgan fingerprint density at radius 2 is 1.15 bits per heavy atom. The summed E-state index contributed by atoms with van der Waals surface area (Å²) in [6.07, 6.45) is 8.53. The zero-order valence-corrected chi connectivity index (χ0v) is 25.6. The number of aromatic nitrogens is 3. The van der Waals surface area contributed by atoms with Crippen molar-refractivity contribution in [2.75, 3.05) is 0 Å². The van der Waals surface area contributed by atoms with Crippen LogP contribution in [-0.4, -0.2) is 15.0 Å². The average Bonchev–Trinajstić information content (AvgIpc) is 3.53. The molecule has 0 saturated heterocycles. The summed E-state index contributed by atoms with van der Waals surface area (Å²) in [5.74, 6) is 2.03. The first-order chi connectivity index (χ1) is 23.3. The highest BCUT2D eigenvalue weighted by Gasteiger charge is 2.16. The largest absolute Gasteiger partial charge is 0.456 e. The van der Waals surface area contributed by atoms with Crippen LogP contribution in [0, 0.1) is 0 Å². The molecule has 0 aliphatic heterocycles. The molecule has 2 aromatic heterocycles. The molecule has 4 heteroatoms. The fraction of sp³-hybridized carbons (Fsp3) is 0.0465. The molecular formula is C43H29N3O. The fourth-order valence-electron chi connectivity index (χ4n) is 6.54. The summed E-state index contributed by atoms with van der Waals surface area (Å²) in [6.45, 7) is 0. The molecule has 0 fully saturated rings. The maximum Gasteiger partial charge on any atom is 0.164 e. The van der Waals surface area contributed by atoms with Gasteiger partial charge in [0.15, 0.2) is 17.5 Å². The number of rotatable bonds is 5. The monoisotopic (exact) mass is 603 g/mol. The van der Waals surface area contributed by atoms with E-state index in [0.717, 1.165) is 68.2 Å². The average molecular weight is 604 g/mol. The number of fused-ring (bicyclic) bond motifs is 4. The molecule has 0 unspecified atom stereocenters. The second-order valence-corrected chi connectivity index (χ2v) is 11.9. The van der Waals surface area contributed by atoms with Gasteiger partial charge >= 0.3 is 0 Å². The number of allylic oxidation sites excluding steroid dienone is 4. The van der Waals surface area contributed by atoms with Crippen LogP contribution in [0.5, 0.6) is 0 Å². The van der Waals surface area contributed by atoms with Gasteiger partial charge in [0.25, 0.3) is 0 Å². The minimum atomic E-state index is 0.661. The lowest BCUT2D eigenvalue weighted by molar-refractivity contribution is 0.669. The van der Waals surface area contributed by atoms with Gasteiger partial charge in [-0.25, -0.2) is 15.0 Å². The lowest BCUT2D eigenvalue weighted by Gasteiger charge is -2.11. The SMILES string of the molecule is C1=CC(c2nc(-c3ccccc3)nc(-c3ccc(-c4cccc5oc6cc(-c7ccc8ccccc8c7)ccc6c45)cc3)n2)=CCC1. The Hall–Kier alpha value is -6.13. The molecule has 1 aliphatic carbocycles. The van der Waals surface area contributed by atoms with Crippen LogP contribution >= 0.6 is 0 Å². The Labute approximate surface area is 272 Å². The third-order valence-corrected chi connectivity index (χ3v) is 8.95. The van der Waals surface area contributed by atoms with Crippen molar-refractivity contribution in [3.05, 3.63) is 158 Å². The van der Waals surface area contributed by atoms with Gasteiger partial charge in [-0.15, -0.1) is 0 Å². The van der Waals surface area contributed by atoms with E-state index >= 15 is 0 Å². The van der Waals surface area contributed by atoms with Crippen LogP contribution in [0.4, 0.5) is 0 Å². The normalized spacial score (nSPS) is 13.0. The highest BCUT2D eigenvalue weighted by Crippen LogP contribution is 2.39. The quantitative estimate of drug-likeness (QED) is 0.196. The molecular weight excluding hydrogens is 574 g/mol. The topological polar surface area (TPSA) is 51.8 Å². The van der Waals surface area contributed by atoms with Crippen molar-refractivity contribution in [3.8, 4) is 45.0 Å². The molecule has 0 N–H and O–H groups in total. The summed E-state index contributed by atoms with van der Waals surface area (Å²) >= 11 is 0. The van der Waals surface area contributed by atoms with Crippen LogP contribution < -0.4 is 0 Å². The summed E-state index contributed by atoms with van der Waals surface area (Å²) in [5.41, 5.74) is 9.26. The summed E-state index contributed by atoms with van der Waals surface area (Å²) in [4.78, 5) is 14.7. The Morgan fingerprint density at radius 1 is 0.468 bits per heavy atom. The summed E-state index contributed by atoms with van der Waals surface area (Å²) in [5, 5.41) is 4.69. The minimum Gasteiger partial charge on any atom is -0.456 e. The number of furan rings is 1. The maximum absolute atomic E-state index is 6.45. The van der Waals surface area contributed by atoms with Gasteiger partial charge in [0.05, 0.1) is 0 Å². The zero-order valence-electron chi connectivity index (χ0n) is 25.6. The van der Waals surface area contributed by atoms with E-state index in [0.29, 0.717) is 17.5 Å². The molecule has 1 aliphatic rings. The molecule has 0 bridgehead atoms. The van der Waals surface area contributed by atoms with E-state index in [1.807, 2.05) is 30.3 Å². The highest BCUT2D eigenvalue weighted by molar-refractivity contribution is 6.13. The van der Waals surface area contributed by atoms with Crippen LogP contribution in [-0.2, 0) is 0 Å². The van der Waals surface area contributed by atoms with Crippen LogP contribution in [0.3, 0.4) is 0 Å². The molecule has 2 heterocycles. The Bertz CT molecular complexity index is 2510. The molecule has 47 heavy (non-hydrogen) atoms. The Balaban J connectivity index is 1.10. The van der Waals surface area contributed by atoms with Crippen molar-refractivity contribution in [3.63, 3.8) is 0 Å². The standard InChI is InChI=1S/C43H29N3O/c1-3-11-30(12-4-1)41-44-42(31-13-5-2-6-14-31)46-43(45-41)32-21-19-29(20-22-32)36-16-9-17-38-40(36)37-25-24-35(27-39(37)47-38)34-23-18-28-10-7-8-15-33(28)26-34/h1,3-5,7-27H,2,6H2. The van der Waals surface area contributed by atoms with Crippen LogP contribution in [0.2, 0.25) is 0 Å².